The number of carbonyl (C=O) groups is 2. The largest absolute Gasteiger partial charge is 0.493 e. The van der Waals surface area contributed by atoms with Crippen LogP contribution in [0, 0.1) is 5.82 Å². The fourth-order valence-corrected chi connectivity index (χ4v) is 4.33. The summed E-state index contributed by atoms with van der Waals surface area (Å²) in [4.78, 5) is 36.6. The summed E-state index contributed by atoms with van der Waals surface area (Å²) < 4.78 is 35.4. The topological polar surface area (TPSA) is 112 Å². The molecule has 5 rings (SSSR count). The van der Waals surface area contributed by atoms with Crippen LogP contribution in [-0.2, 0) is 9.59 Å². The van der Waals surface area contributed by atoms with Gasteiger partial charge in [-0.3, -0.25) is 9.59 Å². The summed E-state index contributed by atoms with van der Waals surface area (Å²) in [7, 11) is 1.42. The summed E-state index contributed by atoms with van der Waals surface area (Å²) in [6.07, 6.45) is 1.29. The molecule has 0 aliphatic carbocycles. The molecule has 0 spiro atoms. The number of carboxylic acid groups (broad SMARTS) is 1. The van der Waals surface area contributed by atoms with Crippen molar-refractivity contribution in [2.45, 2.75) is 12.3 Å². The molecular formula is C27H19FO8. The minimum absolute atomic E-state index is 0.0198. The number of esters is 1. The molecule has 0 fully saturated rings. The van der Waals surface area contributed by atoms with Crippen LogP contribution in [0.25, 0.3) is 22.1 Å². The van der Waals surface area contributed by atoms with Gasteiger partial charge >= 0.3 is 11.9 Å². The van der Waals surface area contributed by atoms with Gasteiger partial charge in [-0.15, -0.1) is 0 Å². The van der Waals surface area contributed by atoms with Crippen molar-refractivity contribution in [1.29, 1.82) is 0 Å². The van der Waals surface area contributed by atoms with Crippen LogP contribution in [0.15, 0.2) is 70.1 Å². The Kier molecular flexibility index (Phi) is 5.89. The van der Waals surface area contributed by atoms with Gasteiger partial charge in [0, 0.05) is 11.5 Å². The van der Waals surface area contributed by atoms with E-state index in [4.69, 9.17) is 23.7 Å². The minimum Gasteiger partial charge on any atom is -0.493 e. The average molecular weight is 490 g/mol. The first-order chi connectivity index (χ1) is 17.4. The molecule has 36 heavy (non-hydrogen) atoms. The number of fused-ring (bicyclic) bond motifs is 3. The van der Waals surface area contributed by atoms with Crippen molar-refractivity contribution in [3.8, 4) is 28.4 Å². The molecule has 9 heteroatoms. The third-order valence-electron chi connectivity index (χ3n) is 5.98. The van der Waals surface area contributed by atoms with Gasteiger partial charge < -0.3 is 23.7 Å². The van der Waals surface area contributed by atoms with Crippen molar-refractivity contribution in [3.63, 3.8) is 0 Å². The van der Waals surface area contributed by atoms with E-state index in [1.54, 1.807) is 24.3 Å². The van der Waals surface area contributed by atoms with Crippen LogP contribution in [0.3, 0.4) is 0 Å². The Hall–Kier alpha value is -4.66. The van der Waals surface area contributed by atoms with E-state index in [-0.39, 0.29) is 45.6 Å². The maximum Gasteiger partial charge on any atom is 0.341 e. The van der Waals surface area contributed by atoms with Gasteiger partial charge in [-0.25, -0.2) is 9.18 Å². The smallest absolute Gasteiger partial charge is 0.341 e. The number of carboxylic acids is 1. The molecule has 1 aliphatic heterocycles. The molecule has 4 aromatic rings. The van der Waals surface area contributed by atoms with E-state index in [1.807, 2.05) is 0 Å². The second kappa shape index (κ2) is 9.18. The van der Waals surface area contributed by atoms with Crippen molar-refractivity contribution in [1.82, 2.24) is 0 Å². The number of rotatable bonds is 6. The normalized spacial score (nSPS) is 14.7. The molecule has 0 bridgehead atoms. The second-order valence-electron chi connectivity index (χ2n) is 8.16. The van der Waals surface area contributed by atoms with Gasteiger partial charge in [-0.2, -0.15) is 0 Å². The van der Waals surface area contributed by atoms with Crippen LogP contribution < -0.4 is 19.6 Å². The first kappa shape index (κ1) is 23.1. The fraction of sp³-hybridized carbons (Fsp3) is 0.148. The Labute approximate surface area is 203 Å². The highest BCUT2D eigenvalue weighted by molar-refractivity contribution is 5.90. The molecule has 2 heterocycles. The average Bonchev–Trinajstić information content (AvgIpc) is 2.87. The molecule has 1 aromatic heterocycles. The highest BCUT2D eigenvalue weighted by Crippen LogP contribution is 2.44. The Morgan fingerprint density at radius 2 is 1.86 bits per heavy atom. The number of hydrogen-bond acceptors (Lipinski definition) is 7. The molecule has 0 amide bonds. The van der Waals surface area contributed by atoms with E-state index in [2.05, 4.69) is 0 Å². The minimum atomic E-state index is -1.13. The Morgan fingerprint density at radius 1 is 1.08 bits per heavy atom. The third-order valence-corrected chi connectivity index (χ3v) is 5.98. The van der Waals surface area contributed by atoms with Crippen molar-refractivity contribution in [2.24, 2.45) is 0 Å². The fourth-order valence-electron chi connectivity index (χ4n) is 4.33. The number of ether oxygens (including phenoxy) is 3. The summed E-state index contributed by atoms with van der Waals surface area (Å²) in [5.74, 6) is -1.75. The van der Waals surface area contributed by atoms with Crippen LogP contribution in [0.2, 0.25) is 0 Å². The second-order valence-corrected chi connectivity index (χ2v) is 8.16. The van der Waals surface area contributed by atoms with Gasteiger partial charge in [-0.1, -0.05) is 18.2 Å². The maximum absolute atomic E-state index is 13.4. The van der Waals surface area contributed by atoms with Gasteiger partial charge in [0.15, 0.2) is 18.1 Å². The van der Waals surface area contributed by atoms with E-state index in [0.717, 1.165) is 0 Å². The molecule has 1 N–H and O–H groups in total. The number of aliphatic carboxylic acids is 1. The van der Waals surface area contributed by atoms with E-state index >= 15 is 0 Å². The number of carbonyl (C=O) groups excluding carboxylic acids is 1. The van der Waals surface area contributed by atoms with E-state index in [9.17, 15) is 18.8 Å². The summed E-state index contributed by atoms with van der Waals surface area (Å²) in [6.45, 7) is -0.541. The predicted molar refractivity (Wildman–Crippen MR) is 126 cm³/mol. The summed E-state index contributed by atoms with van der Waals surface area (Å²) in [5, 5.41) is 9.18. The van der Waals surface area contributed by atoms with Crippen molar-refractivity contribution in [2.75, 3.05) is 13.7 Å². The molecule has 1 aliphatic rings. The highest BCUT2D eigenvalue weighted by atomic mass is 19.1. The lowest BCUT2D eigenvalue weighted by molar-refractivity contribution is -0.139. The Morgan fingerprint density at radius 3 is 2.58 bits per heavy atom. The molecule has 182 valence electrons. The van der Waals surface area contributed by atoms with Crippen LogP contribution in [-0.4, -0.2) is 30.8 Å². The van der Waals surface area contributed by atoms with Gasteiger partial charge in [0.25, 0.3) is 0 Å². The summed E-state index contributed by atoms with van der Waals surface area (Å²) in [5.41, 5.74) is 1.92. The Balaban J connectivity index is 1.63. The third kappa shape index (κ3) is 4.15. The van der Waals surface area contributed by atoms with Crippen LogP contribution in [0.5, 0.6) is 17.2 Å². The SMILES string of the molecule is COc1cc(C2CC(=O)Oc3ccc4c(=O)c(-c5ccc(F)cc5)coc4c32)ccc1OCC(=O)O. The standard InChI is InChI=1S/C27H19FO8/c1-33-22-10-15(4-8-20(22)34-13-23(29)30)18-11-24(31)36-21-9-7-17-26(32)19(12-35-27(17)25(18)21)14-2-5-16(28)6-3-14/h2-10,12,18H,11,13H2,1H3,(H,29,30). The molecule has 3 aromatic carbocycles. The molecule has 1 atom stereocenters. The monoisotopic (exact) mass is 490 g/mol. The molecule has 0 saturated heterocycles. The highest BCUT2D eigenvalue weighted by Gasteiger charge is 2.32. The predicted octanol–water partition coefficient (Wildman–Crippen LogP) is 4.51. The van der Waals surface area contributed by atoms with Crippen LogP contribution in [0.1, 0.15) is 23.5 Å². The zero-order valence-corrected chi connectivity index (χ0v) is 18.9. The summed E-state index contributed by atoms with van der Waals surface area (Å²) in [6, 6.07) is 13.5. The zero-order valence-electron chi connectivity index (χ0n) is 18.9. The van der Waals surface area contributed by atoms with Crippen LogP contribution >= 0.6 is 0 Å². The van der Waals surface area contributed by atoms with E-state index in [1.165, 1.54) is 43.7 Å². The van der Waals surface area contributed by atoms with Gasteiger partial charge in [0.05, 0.1) is 24.5 Å². The number of methoxy groups -OCH3 is 1. The van der Waals surface area contributed by atoms with Crippen LogP contribution in [0.4, 0.5) is 4.39 Å². The molecular weight excluding hydrogens is 471 g/mol. The first-order valence-corrected chi connectivity index (χ1v) is 10.9. The lowest BCUT2D eigenvalue weighted by atomic mass is 9.85. The Bertz CT molecular complexity index is 1560. The van der Waals surface area contributed by atoms with Gasteiger partial charge in [0.1, 0.15) is 23.4 Å². The molecule has 0 saturated carbocycles. The number of hydrogen-bond donors (Lipinski definition) is 1. The molecule has 1 unspecified atom stereocenters. The van der Waals surface area contributed by atoms with Crippen molar-refractivity contribution >= 4 is 22.9 Å². The lowest BCUT2D eigenvalue weighted by Crippen LogP contribution is -2.22. The van der Waals surface area contributed by atoms with Gasteiger partial charge in [0.2, 0.25) is 5.43 Å². The lowest BCUT2D eigenvalue weighted by Gasteiger charge is -2.26. The maximum atomic E-state index is 13.4. The van der Waals surface area contributed by atoms with Crippen molar-refractivity contribution < 1.29 is 37.7 Å². The number of halogens is 1. The van der Waals surface area contributed by atoms with E-state index in [0.29, 0.717) is 16.7 Å². The zero-order chi connectivity index (χ0) is 25.4. The number of benzene rings is 3. The van der Waals surface area contributed by atoms with E-state index < -0.39 is 30.3 Å². The molecule has 8 nitrogen and oxygen atoms in total. The molecule has 0 radical (unpaired) electrons. The van der Waals surface area contributed by atoms with Crippen molar-refractivity contribution in [3.05, 3.63) is 88.0 Å². The first-order valence-electron chi connectivity index (χ1n) is 10.9. The summed E-state index contributed by atoms with van der Waals surface area (Å²) >= 11 is 0. The van der Waals surface area contributed by atoms with Gasteiger partial charge in [-0.05, 0) is 47.5 Å². The quantitative estimate of drug-likeness (QED) is 0.310.